The Balaban J connectivity index is 1.93. The molecule has 6 nitrogen and oxygen atoms in total. The number of methoxy groups -OCH3 is 1. The molecule has 2 aromatic carbocycles. The molecule has 0 fully saturated rings. The van der Waals surface area contributed by atoms with E-state index < -0.39 is 0 Å². The van der Waals surface area contributed by atoms with Crippen molar-refractivity contribution in [2.24, 2.45) is 5.10 Å². The average Bonchev–Trinajstić information content (AvgIpc) is 2.67. The van der Waals surface area contributed by atoms with Crippen molar-refractivity contribution in [3.8, 4) is 17.2 Å². The maximum atomic E-state index is 12.0. The van der Waals surface area contributed by atoms with Crippen LogP contribution in [0, 0.1) is 6.92 Å². The lowest BCUT2D eigenvalue weighted by Gasteiger charge is -2.14. The van der Waals surface area contributed by atoms with Gasteiger partial charge < -0.3 is 14.2 Å². The Bertz CT molecular complexity index is 831. The Morgan fingerprint density at radius 2 is 1.89 bits per heavy atom. The molecule has 1 N–H and O–H groups in total. The molecule has 6 heteroatoms. The normalized spacial score (nSPS) is 10.9. The molecule has 0 aliphatic rings. The van der Waals surface area contributed by atoms with Crippen LogP contribution in [0.15, 0.2) is 41.5 Å². The lowest BCUT2D eigenvalue weighted by Crippen LogP contribution is -2.25. The fourth-order valence-electron chi connectivity index (χ4n) is 2.64. The van der Waals surface area contributed by atoms with Gasteiger partial charge in [0.25, 0.3) is 5.91 Å². The summed E-state index contributed by atoms with van der Waals surface area (Å²) in [5.74, 6) is 1.99. The number of hydrogen-bond donors (Lipinski definition) is 1. The molecule has 2 aromatic rings. The van der Waals surface area contributed by atoms with E-state index in [-0.39, 0.29) is 12.5 Å². The number of ether oxygens (including phenoxy) is 3. The molecule has 0 aromatic heterocycles. The van der Waals surface area contributed by atoms with Gasteiger partial charge in [-0.1, -0.05) is 26.0 Å². The predicted octanol–water partition coefficient (Wildman–Crippen LogP) is 4.05. The van der Waals surface area contributed by atoms with Gasteiger partial charge in [0, 0.05) is 0 Å². The Kier molecular flexibility index (Phi) is 7.87. The monoisotopic (exact) mass is 384 g/mol. The molecule has 0 bridgehead atoms. The van der Waals surface area contributed by atoms with Gasteiger partial charge in [-0.15, -0.1) is 0 Å². The van der Waals surface area contributed by atoms with Crippen LogP contribution >= 0.6 is 0 Å². The van der Waals surface area contributed by atoms with E-state index in [1.165, 1.54) is 0 Å². The first-order valence-corrected chi connectivity index (χ1v) is 9.30. The Hall–Kier alpha value is -3.02. The molecule has 28 heavy (non-hydrogen) atoms. The smallest absolute Gasteiger partial charge is 0.277 e. The quantitative estimate of drug-likeness (QED) is 0.523. The third-order valence-electron chi connectivity index (χ3n) is 4.04. The van der Waals surface area contributed by atoms with E-state index in [1.807, 2.05) is 38.1 Å². The summed E-state index contributed by atoms with van der Waals surface area (Å²) in [6.07, 6.45) is 1.54. The summed E-state index contributed by atoms with van der Waals surface area (Å²) in [5, 5.41) is 3.98. The number of rotatable bonds is 9. The van der Waals surface area contributed by atoms with Crippen LogP contribution in [-0.2, 0) is 4.79 Å². The van der Waals surface area contributed by atoms with Gasteiger partial charge >= 0.3 is 0 Å². The number of nitrogens with one attached hydrogen (secondary N) is 1. The van der Waals surface area contributed by atoms with Crippen molar-refractivity contribution >= 4 is 12.1 Å². The van der Waals surface area contributed by atoms with E-state index in [0.29, 0.717) is 24.0 Å². The van der Waals surface area contributed by atoms with Crippen molar-refractivity contribution in [1.29, 1.82) is 0 Å². The van der Waals surface area contributed by atoms with Crippen molar-refractivity contribution in [3.05, 3.63) is 53.1 Å². The third-order valence-corrected chi connectivity index (χ3v) is 4.04. The van der Waals surface area contributed by atoms with Crippen LogP contribution in [0.5, 0.6) is 17.2 Å². The van der Waals surface area contributed by atoms with E-state index >= 15 is 0 Å². The standard InChI is InChI=1S/C22H28N2O4/c1-6-27-19-10-8-17(12-21(19)26-5)13-23-24-22(25)14-28-20-11-16(4)7-9-18(20)15(2)3/h7-13,15H,6,14H2,1-5H3,(H,24,25)/b23-13-. The fraction of sp³-hybridized carbons (Fsp3) is 0.364. The molecular formula is C22H28N2O4. The zero-order chi connectivity index (χ0) is 20.5. The minimum absolute atomic E-state index is 0.104. The highest BCUT2D eigenvalue weighted by Gasteiger charge is 2.10. The molecule has 0 saturated heterocycles. The van der Waals surface area contributed by atoms with Crippen LogP contribution in [-0.4, -0.2) is 32.4 Å². The van der Waals surface area contributed by atoms with Crippen molar-refractivity contribution in [2.75, 3.05) is 20.3 Å². The maximum absolute atomic E-state index is 12.0. The summed E-state index contributed by atoms with van der Waals surface area (Å²) in [4.78, 5) is 12.0. The average molecular weight is 384 g/mol. The highest BCUT2D eigenvalue weighted by atomic mass is 16.5. The first-order chi connectivity index (χ1) is 13.4. The van der Waals surface area contributed by atoms with Crippen LogP contribution in [0.1, 0.15) is 43.4 Å². The van der Waals surface area contributed by atoms with Crippen LogP contribution in [0.3, 0.4) is 0 Å². The minimum Gasteiger partial charge on any atom is -0.493 e. The molecule has 0 heterocycles. The summed E-state index contributed by atoms with van der Waals surface area (Å²) in [5.41, 5.74) is 5.41. The van der Waals surface area contributed by atoms with Crippen LogP contribution in [0.4, 0.5) is 0 Å². The van der Waals surface area contributed by atoms with Gasteiger partial charge in [0.2, 0.25) is 0 Å². The van der Waals surface area contributed by atoms with E-state index in [0.717, 1.165) is 22.4 Å². The Morgan fingerprint density at radius 3 is 2.57 bits per heavy atom. The van der Waals surface area contributed by atoms with Gasteiger partial charge in [-0.25, -0.2) is 5.43 Å². The Labute approximate surface area is 166 Å². The molecule has 0 atom stereocenters. The van der Waals surface area contributed by atoms with Crippen LogP contribution in [0.2, 0.25) is 0 Å². The van der Waals surface area contributed by atoms with Crippen LogP contribution < -0.4 is 19.6 Å². The van der Waals surface area contributed by atoms with Crippen molar-refractivity contribution < 1.29 is 19.0 Å². The highest BCUT2D eigenvalue weighted by Crippen LogP contribution is 2.28. The first kappa shape index (κ1) is 21.3. The molecule has 0 aliphatic heterocycles. The van der Waals surface area contributed by atoms with E-state index in [4.69, 9.17) is 14.2 Å². The predicted molar refractivity (Wildman–Crippen MR) is 111 cm³/mol. The maximum Gasteiger partial charge on any atom is 0.277 e. The first-order valence-electron chi connectivity index (χ1n) is 9.30. The number of aryl methyl sites for hydroxylation is 1. The molecule has 0 aliphatic carbocycles. The Morgan fingerprint density at radius 1 is 1.11 bits per heavy atom. The van der Waals surface area contributed by atoms with Gasteiger partial charge in [0.1, 0.15) is 5.75 Å². The topological polar surface area (TPSA) is 69.2 Å². The van der Waals surface area contributed by atoms with Gasteiger partial charge in [0.05, 0.1) is 19.9 Å². The van der Waals surface area contributed by atoms with E-state index in [9.17, 15) is 4.79 Å². The van der Waals surface area contributed by atoms with Crippen LogP contribution in [0.25, 0.3) is 0 Å². The zero-order valence-electron chi connectivity index (χ0n) is 17.1. The van der Waals surface area contributed by atoms with Gasteiger partial charge in [-0.05, 0) is 60.7 Å². The number of hydrazone groups is 1. The number of amides is 1. The molecule has 0 radical (unpaired) electrons. The highest BCUT2D eigenvalue weighted by molar-refractivity contribution is 5.83. The van der Waals surface area contributed by atoms with Gasteiger partial charge in [-0.2, -0.15) is 5.10 Å². The number of carbonyl (C=O) groups excluding carboxylic acids is 1. The fourth-order valence-corrected chi connectivity index (χ4v) is 2.64. The second-order valence-corrected chi connectivity index (χ2v) is 6.62. The third kappa shape index (κ3) is 6.01. The molecular weight excluding hydrogens is 356 g/mol. The molecule has 150 valence electrons. The number of benzene rings is 2. The van der Waals surface area contributed by atoms with Gasteiger partial charge in [0.15, 0.2) is 18.1 Å². The summed E-state index contributed by atoms with van der Waals surface area (Å²) in [6, 6.07) is 11.4. The zero-order valence-corrected chi connectivity index (χ0v) is 17.1. The second-order valence-electron chi connectivity index (χ2n) is 6.62. The van der Waals surface area contributed by atoms with E-state index in [2.05, 4.69) is 24.4 Å². The summed E-state index contributed by atoms with van der Waals surface area (Å²) in [6.45, 7) is 8.53. The van der Waals surface area contributed by atoms with Gasteiger partial charge in [-0.3, -0.25) is 4.79 Å². The number of hydrogen-bond acceptors (Lipinski definition) is 5. The van der Waals surface area contributed by atoms with Crippen molar-refractivity contribution in [2.45, 2.75) is 33.6 Å². The SMILES string of the molecule is CCOc1ccc(/C=N\NC(=O)COc2cc(C)ccc2C(C)C)cc1OC. The number of nitrogens with zero attached hydrogens (tertiary/aromatic N) is 1. The molecule has 0 spiro atoms. The molecule has 0 unspecified atom stereocenters. The molecule has 2 rings (SSSR count). The molecule has 1 amide bonds. The lowest BCUT2D eigenvalue weighted by atomic mass is 10.0. The minimum atomic E-state index is -0.328. The summed E-state index contributed by atoms with van der Waals surface area (Å²) < 4.78 is 16.5. The van der Waals surface area contributed by atoms with Crippen molar-refractivity contribution in [1.82, 2.24) is 5.43 Å². The number of carbonyl (C=O) groups is 1. The largest absolute Gasteiger partial charge is 0.493 e. The molecule has 0 saturated carbocycles. The summed E-state index contributed by atoms with van der Waals surface area (Å²) in [7, 11) is 1.58. The lowest BCUT2D eigenvalue weighted by molar-refractivity contribution is -0.123. The second kappa shape index (κ2) is 10.3. The van der Waals surface area contributed by atoms with Crippen molar-refractivity contribution in [3.63, 3.8) is 0 Å². The summed E-state index contributed by atoms with van der Waals surface area (Å²) >= 11 is 0. The van der Waals surface area contributed by atoms with E-state index in [1.54, 1.807) is 25.5 Å².